The quantitative estimate of drug-likeness (QED) is 0.662. The fourth-order valence-corrected chi connectivity index (χ4v) is 2.05. The molecule has 1 saturated carbocycles. The summed E-state index contributed by atoms with van der Waals surface area (Å²) >= 11 is 3.37. The second-order valence-electron chi connectivity index (χ2n) is 3.84. The van der Waals surface area contributed by atoms with Crippen molar-refractivity contribution in [2.45, 2.75) is 25.3 Å². The minimum atomic E-state index is -0.421. The number of aliphatic imine (C=N–C) groups is 1. The van der Waals surface area contributed by atoms with Crippen molar-refractivity contribution in [3.63, 3.8) is 0 Å². The molecule has 3 nitrogen and oxygen atoms in total. The molecule has 0 bridgehead atoms. The average Bonchev–Trinajstić information content (AvgIpc) is 2.95. The minimum Gasteiger partial charge on any atom is -0.508 e. The highest BCUT2D eigenvalue weighted by Gasteiger charge is 2.45. The van der Waals surface area contributed by atoms with Crippen molar-refractivity contribution in [3.05, 3.63) is 27.7 Å². The lowest BCUT2D eigenvalue weighted by atomic mass is 10.0. The topological polar surface area (TPSA) is 49.7 Å². The van der Waals surface area contributed by atoms with E-state index in [4.69, 9.17) is 0 Å². The maximum absolute atomic E-state index is 10.3. The molecule has 4 heteroatoms. The summed E-state index contributed by atoms with van der Waals surface area (Å²) in [4.78, 5) is 14.1. The lowest BCUT2D eigenvalue weighted by Gasteiger charge is -2.11. The van der Waals surface area contributed by atoms with Crippen LogP contribution in [0.15, 0.2) is 21.6 Å². The Hall–Kier alpha value is -1.12. The molecule has 78 valence electrons. The summed E-state index contributed by atoms with van der Waals surface area (Å²) in [5.74, 6) is 0.228. The summed E-state index contributed by atoms with van der Waals surface area (Å²) in [5.41, 5.74) is 1.25. The van der Waals surface area contributed by atoms with Crippen LogP contribution in [-0.4, -0.2) is 11.2 Å². The van der Waals surface area contributed by atoms with Crippen molar-refractivity contribution in [2.75, 3.05) is 0 Å². The van der Waals surface area contributed by atoms with Gasteiger partial charge in [0.1, 0.15) is 5.75 Å². The van der Waals surface area contributed by atoms with E-state index >= 15 is 0 Å². The standard InChI is InChI=1S/C11H10BrNO2/c1-7-9(12)4-8(5-10(7)15)11(2-3-11)13-6-14/h4-5,15H,2-3H2,1H3. The Kier molecular flexibility index (Phi) is 2.41. The molecule has 1 aliphatic carbocycles. The second kappa shape index (κ2) is 3.47. The molecule has 0 unspecified atom stereocenters. The first kappa shape index (κ1) is 10.4. The van der Waals surface area contributed by atoms with Gasteiger partial charge in [-0.05, 0) is 37.5 Å². The molecule has 0 aromatic heterocycles. The third-order valence-electron chi connectivity index (χ3n) is 2.84. The van der Waals surface area contributed by atoms with Gasteiger partial charge in [-0.2, -0.15) is 4.99 Å². The van der Waals surface area contributed by atoms with Crippen LogP contribution in [0.25, 0.3) is 0 Å². The molecular weight excluding hydrogens is 258 g/mol. The third-order valence-corrected chi connectivity index (χ3v) is 3.66. The fraction of sp³-hybridized carbons (Fsp3) is 0.364. The van der Waals surface area contributed by atoms with Gasteiger partial charge < -0.3 is 5.11 Å². The Morgan fingerprint density at radius 2 is 2.20 bits per heavy atom. The van der Waals surface area contributed by atoms with Gasteiger partial charge in [0.25, 0.3) is 0 Å². The van der Waals surface area contributed by atoms with Crippen molar-refractivity contribution in [1.82, 2.24) is 0 Å². The van der Waals surface area contributed by atoms with E-state index in [1.807, 2.05) is 13.0 Å². The number of hydrogen-bond acceptors (Lipinski definition) is 3. The molecule has 0 heterocycles. The highest BCUT2D eigenvalue weighted by Crippen LogP contribution is 2.50. The van der Waals surface area contributed by atoms with E-state index in [-0.39, 0.29) is 5.75 Å². The fourth-order valence-electron chi connectivity index (χ4n) is 1.60. The first-order chi connectivity index (χ1) is 7.09. The predicted molar refractivity (Wildman–Crippen MR) is 59.6 cm³/mol. The molecule has 1 fully saturated rings. The van der Waals surface area contributed by atoms with E-state index in [0.717, 1.165) is 28.4 Å². The van der Waals surface area contributed by atoms with Gasteiger partial charge in [0.2, 0.25) is 6.08 Å². The number of benzene rings is 1. The summed E-state index contributed by atoms with van der Waals surface area (Å²) in [5, 5.41) is 9.67. The normalized spacial score (nSPS) is 16.9. The molecule has 1 aliphatic rings. The van der Waals surface area contributed by atoms with Gasteiger partial charge >= 0.3 is 0 Å². The first-order valence-corrected chi connectivity index (χ1v) is 5.47. The highest BCUT2D eigenvalue weighted by atomic mass is 79.9. The number of halogens is 1. The lowest BCUT2D eigenvalue weighted by Crippen LogP contribution is -2.02. The molecule has 0 spiro atoms. The SMILES string of the molecule is Cc1c(O)cc(C2(N=C=O)CC2)cc1Br. The number of aromatic hydroxyl groups is 1. The minimum absolute atomic E-state index is 0.228. The summed E-state index contributed by atoms with van der Waals surface area (Å²) < 4.78 is 0.838. The van der Waals surface area contributed by atoms with Crippen molar-refractivity contribution < 1.29 is 9.90 Å². The maximum atomic E-state index is 10.3. The molecule has 1 aromatic rings. The van der Waals surface area contributed by atoms with Gasteiger partial charge in [-0.3, -0.25) is 0 Å². The predicted octanol–water partition coefficient (Wildman–Crippen LogP) is 2.79. The van der Waals surface area contributed by atoms with Gasteiger partial charge in [0.05, 0.1) is 5.54 Å². The second-order valence-corrected chi connectivity index (χ2v) is 4.69. The lowest BCUT2D eigenvalue weighted by molar-refractivity contribution is 0.468. The van der Waals surface area contributed by atoms with Gasteiger partial charge in [-0.1, -0.05) is 15.9 Å². The van der Waals surface area contributed by atoms with Crippen molar-refractivity contribution in [3.8, 4) is 5.75 Å². The maximum Gasteiger partial charge on any atom is 0.235 e. The molecule has 15 heavy (non-hydrogen) atoms. The summed E-state index contributed by atoms with van der Waals surface area (Å²) in [6.45, 7) is 1.83. The van der Waals surface area contributed by atoms with Crippen LogP contribution in [0.3, 0.4) is 0 Å². The zero-order valence-corrected chi connectivity index (χ0v) is 9.84. The van der Waals surface area contributed by atoms with Gasteiger partial charge in [0.15, 0.2) is 0 Å². The van der Waals surface area contributed by atoms with Crippen LogP contribution < -0.4 is 0 Å². The summed E-state index contributed by atoms with van der Waals surface area (Å²) in [6, 6.07) is 3.58. The molecule has 1 N–H and O–H groups in total. The van der Waals surface area contributed by atoms with Crippen LogP contribution in [0.2, 0.25) is 0 Å². The number of carbonyl (C=O) groups excluding carboxylic acids is 1. The number of rotatable bonds is 2. The van der Waals surface area contributed by atoms with Gasteiger partial charge in [-0.15, -0.1) is 0 Å². The van der Waals surface area contributed by atoms with E-state index in [1.54, 1.807) is 12.1 Å². The van der Waals surface area contributed by atoms with Crippen molar-refractivity contribution in [2.24, 2.45) is 4.99 Å². The smallest absolute Gasteiger partial charge is 0.235 e. The summed E-state index contributed by atoms with van der Waals surface area (Å²) in [6.07, 6.45) is 3.29. The van der Waals surface area contributed by atoms with Crippen LogP contribution in [0.4, 0.5) is 0 Å². The molecule has 1 aromatic carbocycles. The molecule has 0 radical (unpaired) electrons. The molecule has 0 saturated heterocycles. The molecule has 0 atom stereocenters. The number of phenols is 1. The highest BCUT2D eigenvalue weighted by molar-refractivity contribution is 9.10. The van der Waals surface area contributed by atoms with Gasteiger partial charge in [-0.25, -0.2) is 4.79 Å². The third kappa shape index (κ3) is 1.71. The zero-order chi connectivity index (χ0) is 11.1. The van der Waals surface area contributed by atoms with E-state index in [1.165, 1.54) is 0 Å². The molecular formula is C11H10BrNO2. The van der Waals surface area contributed by atoms with E-state index in [9.17, 15) is 9.90 Å². The largest absolute Gasteiger partial charge is 0.508 e. The Labute approximate surface area is 96.0 Å². The monoisotopic (exact) mass is 267 g/mol. The number of isocyanates is 1. The van der Waals surface area contributed by atoms with E-state index < -0.39 is 5.54 Å². The average molecular weight is 268 g/mol. The molecule has 0 amide bonds. The first-order valence-electron chi connectivity index (χ1n) is 4.68. The van der Waals surface area contributed by atoms with Crippen LogP contribution >= 0.6 is 15.9 Å². The van der Waals surface area contributed by atoms with Crippen LogP contribution in [-0.2, 0) is 10.3 Å². The Morgan fingerprint density at radius 1 is 1.53 bits per heavy atom. The molecule has 2 rings (SSSR count). The number of phenolic OH excluding ortho intramolecular Hbond substituents is 1. The number of hydrogen-bond donors (Lipinski definition) is 1. The summed E-state index contributed by atoms with van der Waals surface area (Å²) in [7, 11) is 0. The van der Waals surface area contributed by atoms with Crippen molar-refractivity contribution >= 4 is 22.0 Å². The zero-order valence-electron chi connectivity index (χ0n) is 8.25. The van der Waals surface area contributed by atoms with Crippen molar-refractivity contribution in [1.29, 1.82) is 0 Å². The Morgan fingerprint density at radius 3 is 2.67 bits per heavy atom. The van der Waals surface area contributed by atoms with Crippen LogP contribution in [0.5, 0.6) is 5.75 Å². The van der Waals surface area contributed by atoms with E-state index in [2.05, 4.69) is 20.9 Å². The Balaban J connectivity index is 2.51. The number of nitrogens with zero attached hydrogens (tertiary/aromatic N) is 1. The molecule has 0 aliphatic heterocycles. The van der Waals surface area contributed by atoms with Crippen LogP contribution in [0, 0.1) is 6.92 Å². The van der Waals surface area contributed by atoms with E-state index in [0.29, 0.717) is 0 Å². The van der Waals surface area contributed by atoms with Crippen LogP contribution in [0.1, 0.15) is 24.0 Å². The Bertz CT molecular complexity index is 437. The van der Waals surface area contributed by atoms with Gasteiger partial charge in [0, 0.05) is 10.0 Å².